The standard InChI is InChI=1S/C19H18F4N6O3/c20-10-1-3-11(4-2-10)26-17-13(16(25)30)9-29(27-17)14-5-6-28(18(31)32)15(12(14)8-24)7-19(21,22)23/h1-4,9,12,14-15H,5-7H2,(H2,25,30)(H,26,27)(H,31,32)/t12-,14+,15?/m1/s1. The van der Waals surface area contributed by atoms with Crippen molar-refractivity contribution in [1.29, 1.82) is 5.26 Å². The van der Waals surface area contributed by atoms with E-state index in [1.165, 1.54) is 30.5 Å². The van der Waals surface area contributed by atoms with Crippen LogP contribution in [-0.2, 0) is 0 Å². The molecule has 0 radical (unpaired) electrons. The summed E-state index contributed by atoms with van der Waals surface area (Å²) in [4.78, 5) is 23.9. The third-order valence-corrected chi connectivity index (χ3v) is 5.17. The van der Waals surface area contributed by atoms with Crippen LogP contribution in [0.3, 0.4) is 0 Å². The van der Waals surface area contributed by atoms with Crippen molar-refractivity contribution in [3.63, 3.8) is 0 Å². The smallest absolute Gasteiger partial charge is 0.407 e. The van der Waals surface area contributed by atoms with Crippen LogP contribution in [0.25, 0.3) is 0 Å². The number of nitrogens with zero attached hydrogens (tertiary/aromatic N) is 4. The van der Waals surface area contributed by atoms with Crippen LogP contribution in [0.5, 0.6) is 0 Å². The molecule has 0 aliphatic carbocycles. The second-order valence-corrected chi connectivity index (χ2v) is 7.24. The van der Waals surface area contributed by atoms with Crippen LogP contribution >= 0.6 is 0 Å². The molecule has 0 bridgehead atoms. The monoisotopic (exact) mass is 454 g/mol. The van der Waals surface area contributed by atoms with Gasteiger partial charge in [0, 0.05) is 18.4 Å². The molecule has 0 spiro atoms. The van der Waals surface area contributed by atoms with E-state index in [2.05, 4.69) is 10.4 Å². The molecule has 2 amide bonds. The number of halogens is 4. The molecule has 13 heteroatoms. The number of alkyl halides is 3. The molecule has 1 aliphatic rings. The van der Waals surface area contributed by atoms with Crippen LogP contribution in [-0.4, -0.2) is 50.6 Å². The van der Waals surface area contributed by atoms with Crippen molar-refractivity contribution in [2.75, 3.05) is 11.9 Å². The number of carboxylic acid groups (broad SMARTS) is 1. The largest absolute Gasteiger partial charge is 0.465 e. The summed E-state index contributed by atoms with van der Waals surface area (Å²) in [7, 11) is 0. The molecule has 32 heavy (non-hydrogen) atoms. The average molecular weight is 454 g/mol. The van der Waals surface area contributed by atoms with Crippen molar-refractivity contribution in [2.45, 2.75) is 31.1 Å². The van der Waals surface area contributed by atoms with Gasteiger partial charge in [0.05, 0.1) is 30.5 Å². The zero-order chi connectivity index (χ0) is 23.6. The number of benzene rings is 1. The van der Waals surface area contributed by atoms with Gasteiger partial charge in [-0.25, -0.2) is 9.18 Å². The summed E-state index contributed by atoms with van der Waals surface area (Å²) in [5, 5.41) is 25.9. The van der Waals surface area contributed by atoms with E-state index >= 15 is 0 Å². The molecule has 1 aliphatic heterocycles. The number of nitrogens with one attached hydrogen (secondary N) is 1. The number of carbonyl (C=O) groups excluding carboxylic acids is 1. The predicted octanol–water partition coefficient (Wildman–Crippen LogP) is 3.25. The molecular weight excluding hydrogens is 436 g/mol. The van der Waals surface area contributed by atoms with Crippen molar-refractivity contribution < 1.29 is 32.3 Å². The number of primary amides is 1. The van der Waals surface area contributed by atoms with Crippen LogP contribution in [0.2, 0.25) is 0 Å². The number of amides is 2. The van der Waals surface area contributed by atoms with E-state index in [4.69, 9.17) is 5.73 Å². The van der Waals surface area contributed by atoms with Crippen LogP contribution in [0, 0.1) is 23.1 Å². The average Bonchev–Trinajstić information content (AvgIpc) is 3.12. The molecule has 1 unspecified atom stereocenters. The zero-order valence-corrected chi connectivity index (χ0v) is 16.4. The van der Waals surface area contributed by atoms with Gasteiger partial charge in [0.2, 0.25) is 0 Å². The van der Waals surface area contributed by atoms with Gasteiger partial charge in [0.1, 0.15) is 11.4 Å². The fourth-order valence-corrected chi connectivity index (χ4v) is 3.75. The van der Waals surface area contributed by atoms with Crippen LogP contribution < -0.4 is 11.1 Å². The third-order valence-electron chi connectivity index (χ3n) is 5.17. The van der Waals surface area contributed by atoms with Gasteiger partial charge in [-0.3, -0.25) is 9.48 Å². The Morgan fingerprint density at radius 2 is 1.97 bits per heavy atom. The molecule has 0 saturated carbocycles. The molecule has 1 fully saturated rings. The van der Waals surface area contributed by atoms with Crippen LogP contribution in [0.4, 0.5) is 33.9 Å². The Morgan fingerprint density at radius 1 is 1.31 bits per heavy atom. The molecule has 2 heterocycles. The molecule has 2 aromatic rings. The lowest BCUT2D eigenvalue weighted by Gasteiger charge is -2.41. The minimum absolute atomic E-state index is 0.00520. The number of likely N-dealkylation sites (tertiary alicyclic amines) is 1. The van der Waals surface area contributed by atoms with Gasteiger partial charge in [0.25, 0.3) is 5.91 Å². The van der Waals surface area contributed by atoms with Gasteiger partial charge < -0.3 is 21.1 Å². The Labute approximate surface area is 179 Å². The summed E-state index contributed by atoms with van der Waals surface area (Å²) < 4.78 is 53.6. The Balaban J connectivity index is 1.96. The Hall–Kier alpha value is -3.82. The number of hydrogen-bond acceptors (Lipinski definition) is 5. The maximum absolute atomic E-state index is 13.1. The van der Waals surface area contributed by atoms with Gasteiger partial charge in [-0.1, -0.05) is 0 Å². The number of nitrogens with two attached hydrogens (primary N) is 1. The van der Waals surface area contributed by atoms with E-state index in [-0.39, 0.29) is 24.3 Å². The number of hydrogen-bond donors (Lipinski definition) is 3. The fraction of sp³-hybridized carbons (Fsp3) is 0.368. The Bertz CT molecular complexity index is 1050. The molecule has 170 valence electrons. The van der Waals surface area contributed by atoms with Gasteiger partial charge >= 0.3 is 12.3 Å². The summed E-state index contributed by atoms with van der Waals surface area (Å²) in [6, 6.07) is 4.28. The first kappa shape index (κ1) is 22.9. The highest BCUT2D eigenvalue weighted by Gasteiger charge is 2.47. The van der Waals surface area contributed by atoms with Gasteiger partial charge in [-0.15, -0.1) is 0 Å². The van der Waals surface area contributed by atoms with Crippen molar-refractivity contribution in [3.05, 3.63) is 41.8 Å². The highest BCUT2D eigenvalue weighted by molar-refractivity contribution is 5.98. The van der Waals surface area contributed by atoms with E-state index in [1.54, 1.807) is 6.07 Å². The normalized spacial score (nSPS) is 21.1. The molecule has 9 nitrogen and oxygen atoms in total. The third kappa shape index (κ3) is 4.90. The van der Waals surface area contributed by atoms with Gasteiger partial charge in [0.15, 0.2) is 5.82 Å². The lowest BCUT2D eigenvalue weighted by Crippen LogP contribution is -2.53. The van der Waals surface area contributed by atoms with Crippen LogP contribution in [0.1, 0.15) is 29.2 Å². The number of anilines is 2. The first-order valence-electron chi connectivity index (χ1n) is 9.37. The fourth-order valence-electron chi connectivity index (χ4n) is 3.75. The summed E-state index contributed by atoms with van der Waals surface area (Å²) >= 11 is 0. The second-order valence-electron chi connectivity index (χ2n) is 7.24. The summed E-state index contributed by atoms with van der Waals surface area (Å²) in [5.41, 5.74) is 5.65. The number of carbonyl (C=O) groups is 2. The van der Waals surface area contributed by atoms with Gasteiger partial charge in [-0.05, 0) is 30.7 Å². The maximum Gasteiger partial charge on any atom is 0.407 e. The van der Waals surface area contributed by atoms with E-state index in [1.807, 2.05) is 0 Å². The molecule has 1 saturated heterocycles. The summed E-state index contributed by atoms with van der Waals surface area (Å²) in [6.45, 7) is -0.259. The number of piperidine rings is 1. The number of rotatable bonds is 5. The molecule has 1 aromatic heterocycles. The lowest BCUT2D eigenvalue weighted by atomic mass is 9.84. The molecule has 3 rings (SSSR count). The van der Waals surface area contributed by atoms with Crippen molar-refractivity contribution in [3.8, 4) is 6.07 Å². The van der Waals surface area contributed by atoms with Crippen molar-refractivity contribution >= 4 is 23.5 Å². The van der Waals surface area contributed by atoms with Gasteiger partial charge in [-0.2, -0.15) is 23.5 Å². The predicted molar refractivity (Wildman–Crippen MR) is 102 cm³/mol. The molecule has 4 N–H and O–H groups in total. The highest BCUT2D eigenvalue weighted by atomic mass is 19.4. The SMILES string of the molecule is N#C[C@H]1C(CC(F)(F)F)N(C(=O)O)CC[C@@H]1n1cc(C(N)=O)c(Nc2ccc(F)cc2)n1. The first-order valence-corrected chi connectivity index (χ1v) is 9.37. The highest BCUT2D eigenvalue weighted by Crippen LogP contribution is 2.38. The Kier molecular flexibility index (Phi) is 6.24. The molecule has 3 atom stereocenters. The van der Waals surface area contributed by atoms with E-state index in [9.17, 15) is 37.5 Å². The summed E-state index contributed by atoms with van der Waals surface area (Å²) in [6.07, 6.45) is -6.57. The minimum atomic E-state index is -4.70. The molecular formula is C19H18F4N6O3. The number of aromatic nitrogens is 2. The van der Waals surface area contributed by atoms with E-state index in [0.717, 1.165) is 4.68 Å². The number of nitriles is 1. The minimum Gasteiger partial charge on any atom is -0.465 e. The lowest BCUT2D eigenvalue weighted by molar-refractivity contribution is -0.152. The second kappa shape index (κ2) is 8.74. The van der Waals surface area contributed by atoms with Crippen molar-refractivity contribution in [1.82, 2.24) is 14.7 Å². The van der Waals surface area contributed by atoms with E-state index in [0.29, 0.717) is 10.6 Å². The maximum atomic E-state index is 13.1. The quantitative estimate of drug-likeness (QED) is 0.593. The summed E-state index contributed by atoms with van der Waals surface area (Å²) in [5.74, 6) is -2.80. The van der Waals surface area contributed by atoms with E-state index < -0.39 is 48.4 Å². The first-order chi connectivity index (χ1) is 15.0. The van der Waals surface area contributed by atoms with Crippen LogP contribution in [0.15, 0.2) is 30.5 Å². The Morgan fingerprint density at radius 3 is 2.50 bits per heavy atom. The molecule has 1 aromatic carbocycles. The van der Waals surface area contributed by atoms with Crippen molar-refractivity contribution in [2.24, 2.45) is 11.7 Å². The zero-order valence-electron chi connectivity index (χ0n) is 16.4. The topological polar surface area (TPSA) is 137 Å².